The van der Waals surface area contributed by atoms with E-state index in [4.69, 9.17) is 4.74 Å². The zero-order chi connectivity index (χ0) is 14.0. The van der Waals surface area contributed by atoms with Crippen LogP contribution in [0.25, 0.3) is 0 Å². The van der Waals surface area contributed by atoms with Gasteiger partial charge in [-0.1, -0.05) is 0 Å². The van der Waals surface area contributed by atoms with Crippen molar-refractivity contribution in [3.8, 4) is 0 Å². The number of aldehydes is 1. The molecule has 0 radical (unpaired) electrons. The molecule has 1 atom stereocenters. The average molecular weight is 253 g/mol. The van der Waals surface area contributed by atoms with E-state index in [1.54, 1.807) is 33.8 Å². The Morgan fingerprint density at radius 1 is 1.44 bits per heavy atom. The van der Waals surface area contributed by atoms with Crippen LogP contribution in [0.5, 0.6) is 0 Å². The van der Waals surface area contributed by atoms with Crippen LogP contribution < -0.4 is 0 Å². The molecule has 0 saturated carbocycles. The third-order valence-corrected chi connectivity index (χ3v) is 2.64. The summed E-state index contributed by atoms with van der Waals surface area (Å²) in [5.41, 5.74) is -1.20. The molecule has 0 spiro atoms. The van der Waals surface area contributed by atoms with E-state index in [0.717, 1.165) is 0 Å². The summed E-state index contributed by atoms with van der Waals surface area (Å²) < 4.78 is 5.24. The molecule has 1 amide bonds. The molecule has 6 nitrogen and oxygen atoms in total. The standard InChI is InChI=1S/C12H19N3O3/c1-11(2,3)18-10(17)15(5)12(4,8-16)9-6-7-13-14-9/h6-8H,1-5H3,(H,13,14). The second-order valence-corrected chi connectivity index (χ2v) is 5.28. The van der Waals surface area contributed by atoms with Gasteiger partial charge in [0.1, 0.15) is 11.1 Å². The number of nitrogens with zero attached hydrogens (tertiary/aromatic N) is 2. The van der Waals surface area contributed by atoms with Crippen LogP contribution in [0.2, 0.25) is 0 Å². The topological polar surface area (TPSA) is 75.3 Å². The van der Waals surface area contributed by atoms with Crippen molar-refractivity contribution in [3.63, 3.8) is 0 Å². The summed E-state index contributed by atoms with van der Waals surface area (Å²) in [7, 11) is 1.52. The first kappa shape index (κ1) is 14.2. The van der Waals surface area contributed by atoms with Crippen LogP contribution in [0.15, 0.2) is 12.3 Å². The van der Waals surface area contributed by atoms with Gasteiger partial charge in [-0.2, -0.15) is 5.10 Å². The first-order chi connectivity index (χ1) is 8.20. The molecule has 0 aliphatic heterocycles. The summed E-state index contributed by atoms with van der Waals surface area (Å²) in [6.07, 6.45) is 1.65. The molecule has 6 heteroatoms. The minimum atomic E-state index is -1.13. The van der Waals surface area contributed by atoms with Crippen LogP contribution >= 0.6 is 0 Å². The fourth-order valence-corrected chi connectivity index (χ4v) is 1.38. The number of hydrogen-bond acceptors (Lipinski definition) is 4. The maximum absolute atomic E-state index is 12.0. The van der Waals surface area contributed by atoms with Crippen LogP contribution in [0.1, 0.15) is 33.4 Å². The summed E-state index contributed by atoms with van der Waals surface area (Å²) in [6.45, 7) is 6.94. The number of hydrogen-bond donors (Lipinski definition) is 1. The predicted molar refractivity (Wildman–Crippen MR) is 66.0 cm³/mol. The highest BCUT2D eigenvalue weighted by Gasteiger charge is 2.37. The number of carbonyl (C=O) groups is 2. The maximum Gasteiger partial charge on any atom is 0.411 e. The molecule has 0 saturated heterocycles. The van der Waals surface area contributed by atoms with Gasteiger partial charge in [0, 0.05) is 13.2 Å². The van der Waals surface area contributed by atoms with Crippen molar-refractivity contribution in [2.24, 2.45) is 0 Å². The summed E-state index contributed by atoms with van der Waals surface area (Å²) in [6, 6.07) is 1.65. The minimum Gasteiger partial charge on any atom is -0.444 e. The van der Waals surface area contributed by atoms with Crippen molar-refractivity contribution >= 4 is 12.4 Å². The number of aromatic amines is 1. The molecule has 0 aromatic carbocycles. The Hall–Kier alpha value is -1.85. The Kier molecular flexibility index (Phi) is 3.79. The third kappa shape index (κ3) is 2.88. The summed E-state index contributed by atoms with van der Waals surface area (Å²) in [5.74, 6) is 0. The number of nitrogens with one attached hydrogen (secondary N) is 1. The normalized spacial score (nSPS) is 14.7. The van der Waals surface area contributed by atoms with E-state index in [-0.39, 0.29) is 0 Å². The summed E-state index contributed by atoms with van der Waals surface area (Å²) in [4.78, 5) is 24.6. The van der Waals surface area contributed by atoms with Crippen LogP contribution in [-0.4, -0.2) is 40.1 Å². The Bertz CT molecular complexity index is 422. The van der Waals surface area contributed by atoms with E-state index in [9.17, 15) is 9.59 Å². The van der Waals surface area contributed by atoms with Crippen molar-refractivity contribution in [3.05, 3.63) is 18.0 Å². The Morgan fingerprint density at radius 2 is 2.06 bits per heavy atom. The maximum atomic E-state index is 12.0. The smallest absolute Gasteiger partial charge is 0.411 e. The third-order valence-electron chi connectivity index (χ3n) is 2.64. The molecular formula is C12H19N3O3. The lowest BCUT2D eigenvalue weighted by atomic mass is 9.98. The second kappa shape index (κ2) is 4.80. The lowest BCUT2D eigenvalue weighted by Crippen LogP contribution is -2.48. The summed E-state index contributed by atoms with van der Waals surface area (Å²) in [5, 5.41) is 6.49. The van der Waals surface area contributed by atoms with Gasteiger partial charge in [-0.3, -0.25) is 10.00 Å². The van der Waals surface area contributed by atoms with Crippen molar-refractivity contribution in [1.29, 1.82) is 0 Å². The first-order valence-corrected chi connectivity index (χ1v) is 5.63. The average Bonchev–Trinajstić information content (AvgIpc) is 2.78. The van der Waals surface area contributed by atoms with Crippen molar-refractivity contribution < 1.29 is 14.3 Å². The SMILES string of the molecule is CN(C(=O)OC(C)(C)C)C(C)(C=O)c1ccn[nH]1. The molecule has 100 valence electrons. The van der Waals surface area contributed by atoms with Gasteiger partial charge < -0.3 is 9.53 Å². The van der Waals surface area contributed by atoms with Crippen LogP contribution in [0, 0.1) is 0 Å². The van der Waals surface area contributed by atoms with Crippen LogP contribution in [0.3, 0.4) is 0 Å². The first-order valence-electron chi connectivity index (χ1n) is 5.63. The molecule has 1 aromatic rings. The van der Waals surface area contributed by atoms with E-state index < -0.39 is 17.2 Å². The molecule has 1 unspecified atom stereocenters. The Morgan fingerprint density at radius 3 is 2.44 bits per heavy atom. The van der Waals surface area contributed by atoms with Crippen molar-refractivity contribution in [1.82, 2.24) is 15.1 Å². The number of H-pyrrole nitrogens is 1. The molecular weight excluding hydrogens is 234 g/mol. The number of rotatable bonds is 3. The lowest BCUT2D eigenvalue weighted by molar-refractivity contribution is -0.117. The number of ether oxygens (including phenoxy) is 1. The Balaban J connectivity index is 2.96. The van der Waals surface area contributed by atoms with Gasteiger partial charge in [0.2, 0.25) is 0 Å². The molecule has 1 aromatic heterocycles. The van der Waals surface area contributed by atoms with E-state index in [2.05, 4.69) is 10.2 Å². The highest BCUT2D eigenvalue weighted by Crippen LogP contribution is 2.24. The quantitative estimate of drug-likeness (QED) is 0.832. The predicted octanol–water partition coefficient (Wildman–Crippen LogP) is 1.69. The lowest BCUT2D eigenvalue weighted by Gasteiger charge is -2.34. The van der Waals surface area contributed by atoms with Crippen LogP contribution in [0.4, 0.5) is 4.79 Å². The molecule has 0 fully saturated rings. The fraction of sp³-hybridized carbons (Fsp3) is 0.583. The van der Waals surface area contributed by atoms with E-state index >= 15 is 0 Å². The van der Waals surface area contributed by atoms with Gasteiger partial charge in [0.15, 0.2) is 6.29 Å². The van der Waals surface area contributed by atoms with Gasteiger partial charge >= 0.3 is 6.09 Å². The second-order valence-electron chi connectivity index (χ2n) is 5.28. The zero-order valence-electron chi connectivity index (χ0n) is 11.4. The number of likely N-dealkylation sites (N-methyl/N-ethyl adjacent to an activating group) is 1. The van der Waals surface area contributed by atoms with E-state index in [1.165, 1.54) is 18.1 Å². The molecule has 0 aliphatic rings. The van der Waals surface area contributed by atoms with E-state index in [0.29, 0.717) is 12.0 Å². The van der Waals surface area contributed by atoms with Crippen LogP contribution in [-0.2, 0) is 15.1 Å². The number of aromatic nitrogens is 2. The number of amides is 1. The van der Waals surface area contributed by atoms with Gasteiger partial charge in [-0.25, -0.2) is 4.79 Å². The van der Waals surface area contributed by atoms with Gasteiger partial charge in [-0.15, -0.1) is 0 Å². The monoisotopic (exact) mass is 253 g/mol. The number of carbonyl (C=O) groups excluding carboxylic acids is 2. The van der Waals surface area contributed by atoms with Crippen molar-refractivity contribution in [2.75, 3.05) is 7.05 Å². The fourth-order valence-electron chi connectivity index (χ4n) is 1.38. The molecule has 1 heterocycles. The summed E-state index contributed by atoms with van der Waals surface area (Å²) >= 11 is 0. The van der Waals surface area contributed by atoms with Crippen molar-refractivity contribution in [2.45, 2.75) is 38.8 Å². The highest BCUT2D eigenvalue weighted by molar-refractivity contribution is 5.77. The molecule has 0 bridgehead atoms. The molecule has 18 heavy (non-hydrogen) atoms. The molecule has 1 rings (SSSR count). The van der Waals surface area contributed by atoms with Gasteiger partial charge in [-0.05, 0) is 33.8 Å². The Labute approximate surface area is 106 Å². The molecule has 0 aliphatic carbocycles. The largest absolute Gasteiger partial charge is 0.444 e. The molecule has 1 N–H and O–H groups in total. The van der Waals surface area contributed by atoms with Gasteiger partial charge in [0.25, 0.3) is 0 Å². The van der Waals surface area contributed by atoms with E-state index in [1.807, 2.05) is 0 Å². The zero-order valence-corrected chi connectivity index (χ0v) is 11.4. The minimum absolute atomic E-state index is 0.533. The highest BCUT2D eigenvalue weighted by atomic mass is 16.6. The van der Waals surface area contributed by atoms with Gasteiger partial charge in [0.05, 0.1) is 5.69 Å².